The van der Waals surface area contributed by atoms with Crippen LogP contribution in [0, 0.1) is 0 Å². The van der Waals surface area contributed by atoms with Gasteiger partial charge in [0.05, 0.1) is 5.25 Å². The van der Waals surface area contributed by atoms with E-state index in [0.717, 1.165) is 10.0 Å². The molecule has 2 aromatic carbocycles. The zero-order chi connectivity index (χ0) is 20.1. The van der Waals surface area contributed by atoms with Gasteiger partial charge in [-0.2, -0.15) is 0 Å². The maximum absolute atomic E-state index is 12.4. The fourth-order valence-corrected chi connectivity index (χ4v) is 3.20. The molecule has 7 nitrogen and oxygen atoms in total. The summed E-state index contributed by atoms with van der Waals surface area (Å²) in [5.41, 5.74) is 2.10. The summed E-state index contributed by atoms with van der Waals surface area (Å²) in [4.78, 5) is 23.4. The molecule has 0 saturated heterocycles. The van der Waals surface area contributed by atoms with Gasteiger partial charge in [-0.3, -0.25) is 9.59 Å². The summed E-state index contributed by atoms with van der Waals surface area (Å²) in [5, 5.41) is 13.4. The van der Waals surface area contributed by atoms with Crippen molar-refractivity contribution in [3.8, 4) is 11.5 Å². The molecule has 2 N–H and O–H groups in total. The third-order valence-electron chi connectivity index (χ3n) is 3.62. The molecule has 144 valence electrons. The summed E-state index contributed by atoms with van der Waals surface area (Å²) >= 11 is 4.56. The predicted octanol–water partition coefficient (Wildman–Crippen LogP) is 4.58. The topological polar surface area (TPSA) is 97.1 Å². The summed E-state index contributed by atoms with van der Waals surface area (Å²) < 4.78 is 6.60. The molecule has 0 aliphatic heterocycles. The number of thioether (sulfide) groups is 1. The number of carbonyl (C=O) groups excluding carboxylic acids is 2. The van der Waals surface area contributed by atoms with E-state index in [1.807, 2.05) is 24.3 Å². The zero-order valence-corrected chi connectivity index (χ0v) is 17.5. The van der Waals surface area contributed by atoms with Crippen molar-refractivity contribution >= 4 is 50.9 Å². The second-order valence-electron chi connectivity index (χ2n) is 5.89. The Morgan fingerprint density at radius 2 is 1.61 bits per heavy atom. The van der Waals surface area contributed by atoms with E-state index < -0.39 is 5.25 Å². The number of benzene rings is 2. The standard InChI is InChI=1S/C19H17BrN4O3S/c1-11(17(26)22-16-9-7-15(8-10-16)21-12(2)25)28-19-24-23-18(27-19)13-3-5-14(20)6-4-13/h3-11H,1-2H3,(H,21,25)(H,22,26)/t11-/m1/s1. The van der Waals surface area contributed by atoms with Crippen LogP contribution in [0.25, 0.3) is 11.5 Å². The highest BCUT2D eigenvalue weighted by Crippen LogP contribution is 2.27. The Balaban J connectivity index is 1.58. The number of halogens is 1. The Morgan fingerprint density at radius 3 is 2.21 bits per heavy atom. The number of carbonyl (C=O) groups is 2. The van der Waals surface area contributed by atoms with Crippen LogP contribution in [0.1, 0.15) is 13.8 Å². The number of aromatic nitrogens is 2. The van der Waals surface area contributed by atoms with E-state index in [4.69, 9.17) is 4.42 Å². The monoisotopic (exact) mass is 460 g/mol. The molecule has 0 fully saturated rings. The molecular weight excluding hydrogens is 444 g/mol. The van der Waals surface area contributed by atoms with Crippen molar-refractivity contribution in [1.29, 1.82) is 0 Å². The number of anilines is 2. The number of nitrogens with one attached hydrogen (secondary N) is 2. The van der Waals surface area contributed by atoms with E-state index >= 15 is 0 Å². The molecule has 1 atom stereocenters. The SMILES string of the molecule is CC(=O)Nc1ccc(NC(=O)[C@@H](C)Sc2nnc(-c3ccc(Br)cc3)o2)cc1. The summed E-state index contributed by atoms with van der Waals surface area (Å²) in [5.74, 6) is 0.0562. The Bertz CT molecular complexity index is 974. The molecule has 3 rings (SSSR count). The van der Waals surface area contributed by atoms with E-state index in [1.165, 1.54) is 18.7 Å². The summed E-state index contributed by atoms with van der Waals surface area (Å²) in [6.45, 7) is 3.20. The fraction of sp³-hybridized carbons (Fsp3) is 0.158. The minimum atomic E-state index is -0.437. The first-order valence-corrected chi connectivity index (χ1v) is 10.0. The first kappa shape index (κ1) is 20.1. The highest BCUT2D eigenvalue weighted by Gasteiger charge is 2.19. The van der Waals surface area contributed by atoms with Crippen molar-refractivity contribution in [1.82, 2.24) is 10.2 Å². The van der Waals surface area contributed by atoms with Crippen molar-refractivity contribution in [2.24, 2.45) is 0 Å². The Kier molecular flexibility index (Phi) is 6.48. The van der Waals surface area contributed by atoms with Crippen LogP contribution in [0.4, 0.5) is 11.4 Å². The van der Waals surface area contributed by atoms with Gasteiger partial charge in [-0.05, 0) is 55.5 Å². The van der Waals surface area contributed by atoms with Crippen LogP contribution in [-0.4, -0.2) is 27.3 Å². The normalized spacial score (nSPS) is 11.7. The lowest BCUT2D eigenvalue weighted by Gasteiger charge is -2.10. The second kappa shape index (κ2) is 9.03. The van der Waals surface area contributed by atoms with Gasteiger partial charge in [0, 0.05) is 28.3 Å². The van der Waals surface area contributed by atoms with E-state index in [9.17, 15) is 9.59 Å². The van der Waals surface area contributed by atoms with Gasteiger partial charge in [0.1, 0.15) is 0 Å². The smallest absolute Gasteiger partial charge is 0.277 e. The maximum atomic E-state index is 12.4. The Labute approximate surface area is 174 Å². The van der Waals surface area contributed by atoms with Crippen molar-refractivity contribution < 1.29 is 14.0 Å². The van der Waals surface area contributed by atoms with Crippen LogP contribution >= 0.6 is 27.7 Å². The van der Waals surface area contributed by atoms with Crippen molar-refractivity contribution in [3.63, 3.8) is 0 Å². The highest BCUT2D eigenvalue weighted by atomic mass is 79.9. The molecule has 0 aliphatic rings. The highest BCUT2D eigenvalue weighted by molar-refractivity contribution is 9.10. The number of nitrogens with zero attached hydrogens (tertiary/aromatic N) is 2. The number of rotatable bonds is 6. The summed E-state index contributed by atoms with van der Waals surface area (Å²) in [7, 11) is 0. The van der Waals surface area contributed by atoms with Gasteiger partial charge >= 0.3 is 0 Å². The van der Waals surface area contributed by atoms with E-state index in [-0.39, 0.29) is 11.8 Å². The maximum Gasteiger partial charge on any atom is 0.277 e. The van der Waals surface area contributed by atoms with Gasteiger partial charge in [-0.25, -0.2) is 0 Å². The Hall–Kier alpha value is -2.65. The van der Waals surface area contributed by atoms with Crippen LogP contribution in [0.2, 0.25) is 0 Å². The first-order valence-electron chi connectivity index (χ1n) is 8.35. The molecular formula is C19H17BrN4O3S. The summed E-state index contributed by atoms with van der Waals surface area (Å²) in [6.07, 6.45) is 0. The molecule has 0 bridgehead atoms. The van der Waals surface area contributed by atoms with Crippen LogP contribution in [0.3, 0.4) is 0 Å². The molecule has 9 heteroatoms. The second-order valence-corrected chi connectivity index (χ2v) is 8.10. The van der Waals surface area contributed by atoms with E-state index in [1.54, 1.807) is 31.2 Å². The molecule has 3 aromatic rings. The third-order valence-corrected chi connectivity index (χ3v) is 5.08. The van der Waals surface area contributed by atoms with Gasteiger partial charge in [-0.15, -0.1) is 10.2 Å². The van der Waals surface area contributed by atoms with Crippen LogP contribution in [0.5, 0.6) is 0 Å². The number of hydrogen-bond acceptors (Lipinski definition) is 6. The molecule has 0 aliphatic carbocycles. The molecule has 2 amide bonds. The minimum absolute atomic E-state index is 0.149. The molecule has 0 unspecified atom stereocenters. The number of hydrogen-bond donors (Lipinski definition) is 2. The van der Waals surface area contributed by atoms with Gasteiger partial charge in [-0.1, -0.05) is 27.7 Å². The first-order chi connectivity index (χ1) is 13.4. The van der Waals surface area contributed by atoms with E-state index in [2.05, 4.69) is 36.8 Å². The van der Waals surface area contributed by atoms with Crippen LogP contribution in [0.15, 0.2) is 62.6 Å². The van der Waals surface area contributed by atoms with Crippen LogP contribution < -0.4 is 10.6 Å². The quantitative estimate of drug-likeness (QED) is 0.522. The van der Waals surface area contributed by atoms with Crippen molar-refractivity contribution in [3.05, 3.63) is 53.0 Å². The molecule has 0 spiro atoms. The Morgan fingerprint density at radius 1 is 1.00 bits per heavy atom. The van der Waals surface area contributed by atoms with Gasteiger partial charge in [0.2, 0.25) is 17.7 Å². The predicted molar refractivity (Wildman–Crippen MR) is 112 cm³/mol. The van der Waals surface area contributed by atoms with Gasteiger partial charge in [0.15, 0.2) is 0 Å². The van der Waals surface area contributed by atoms with Gasteiger partial charge < -0.3 is 15.1 Å². The fourth-order valence-electron chi connectivity index (χ4n) is 2.26. The van der Waals surface area contributed by atoms with Crippen molar-refractivity contribution in [2.75, 3.05) is 10.6 Å². The molecule has 28 heavy (non-hydrogen) atoms. The minimum Gasteiger partial charge on any atom is -0.411 e. The lowest BCUT2D eigenvalue weighted by Crippen LogP contribution is -2.22. The summed E-state index contributed by atoms with van der Waals surface area (Å²) in [6, 6.07) is 14.4. The molecule has 1 heterocycles. The van der Waals surface area contributed by atoms with E-state index in [0.29, 0.717) is 22.5 Å². The van der Waals surface area contributed by atoms with Crippen LogP contribution in [-0.2, 0) is 9.59 Å². The average Bonchev–Trinajstić information content (AvgIpc) is 3.12. The van der Waals surface area contributed by atoms with Gasteiger partial charge in [0.25, 0.3) is 5.22 Å². The lowest BCUT2D eigenvalue weighted by atomic mass is 10.2. The lowest BCUT2D eigenvalue weighted by molar-refractivity contribution is -0.115. The largest absolute Gasteiger partial charge is 0.411 e. The third kappa shape index (κ3) is 5.43. The number of amides is 2. The average molecular weight is 461 g/mol. The zero-order valence-electron chi connectivity index (χ0n) is 15.1. The molecule has 0 radical (unpaired) electrons. The molecule has 1 aromatic heterocycles. The van der Waals surface area contributed by atoms with Crippen molar-refractivity contribution in [2.45, 2.75) is 24.3 Å². The molecule has 0 saturated carbocycles.